The average molecular weight is 454 g/mol. The summed E-state index contributed by atoms with van der Waals surface area (Å²) in [6.45, 7) is 0. The van der Waals surface area contributed by atoms with E-state index in [9.17, 15) is 0 Å². The minimum Gasteiger partial charge on any atom is -0.229 e. The van der Waals surface area contributed by atoms with Crippen molar-refractivity contribution in [2.45, 2.75) is 0 Å². The molecule has 0 heterocycles. The van der Waals surface area contributed by atoms with Gasteiger partial charge in [0.2, 0.25) is 0 Å². The molecule has 0 saturated heterocycles. The number of hydrogen-bond donors (Lipinski definition) is 0. The van der Waals surface area contributed by atoms with Crippen molar-refractivity contribution >= 4 is 10.8 Å². The van der Waals surface area contributed by atoms with Gasteiger partial charge in [0.15, 0.2) is 0 Å². The number of rotatable bonds is 2. The fourth-order valence-corrected chi connectivity index (χ4v) is 2.73. The van der Waals surface area contributed by atoms with Gasteiger partial charge in [0, 0.05) is 65.4 Å². The molecule has 0 atom stereocenters. The van der Waals surface area contributed by atoms with Crippen LogP contribution in [0.4, 0.5) is 0 Å². The Balaban J connectivity index is 0.00000104. The average Bonchev–Trinajstić information content (AvgIpc) is 2.62. The van der Waals surface area contributed by atoms with Gasteiger partial charge in [-0.15, -0.1) is 24.3 Å². The zero-order valence-corrected chi connectivity index (χ0v) is 18.8. The molecule has 0 aromatic heterocycles. The second-order valence-electron chi connectivity index (χ2n) is 5.09. The summed E-state index contributed by atoms with van der Waals surface area (Å²) in [4.78, 5) is 0. The third kappa shape index (κ3) is 3.94. The molecule has 0 fully saturated rings. The molecule has 4 aromatic carbocycles. The topological polar surface area (TPSA) is 0 Å². The van der Waals surface area contributed by atoms with Crippen LogP contribution in [0, 0.1) is 24.3 Å². The normalized spacial score (nSPS) is 9.83. The fraction of sp³-hybridized carbons (Fsp3) is 0. The molecule has 0 aliphatic rings. The van der Waals surface area contributed by atoms with Crippen LogP contribution in [0.15, 0.2) is 72.8 Å². The molecule has 0 aliphatic heterocycles. The summed E-state index contributed by atoms with van der Waals surface area (Å²) >= 11 is 0. The van der Waals surface area contributed by atoms with Crippen LogP contribution in [-0.2, 0) is 65.4 Å². The molecule has 2 heteroatoms. The van der Waals surface area contributed by atoms with E-state index in [1.54, 1.807) is 0 Å². The zero-order chi connectivity index (χ0) is 14.8. The predicted octanol–water partition coefficient (Wildman–Crippen LogP) is 5.37. The van der Waals surface area contributed by atoms with E-state index in [1.165, 1.54) is 5.39 Å². The van der Waals surface area contributed by atoms with E-state index in [0.29, 0.717) is 0 Å². The molecule has 0 unspecified atom stereocenters. The van der Waals surface area contributed by atoms with Gasteiger partial charge >= 0.3 is 0 Å². The molecule has 0 saturated carbocycles. The van der Waals surface area contributed by atoms with Gasteiger partial charge in [-0.2, -0.15) is 78.2 Å². The molecule has 4 rings (SSSR count). The number of hydrogen-bond acceptors (Lipinski definition) is 0. The summed E-state index contributed by atoms with van der Waals surface area (Å²) < 4.78 is 0. The van der Waals surface area contributed by atoms with Gasteiger partial charge in [0.1, 0.15) is 0 Å². The molecule has 2 radical (unpaired) electrons. The van der Waals surface area contributed by atoms with E-state index in [1.807, 2.05) is 48.5 Å². The first-order valence-electron chi connectivity index (χ1n) is 7.23. The number of fused-ring (bicyclic) bond motifs is 1. The standard InChI is InChI=1S/C22H12.2Y/c1-3-9-17(10-4-1)20-15-7-13-19-14-8-16-21(22(19)20)18-11-5-2-6-12-18;;/h1-9,11,13-14H;;/q-4;;. The first-order chi connectivity index (χ1) is 10.9. The van der Waals surface area contributed by atoms with Crippen LogP contribution in [0.1, 0.15) is 0 Å². The summed E-state index contributed by atoms with van der Waals surface area (Å²) in [5.41, 5.74) is 4.21. The van der Waals surface area contributed by atoms with E-state index in [4.69, 9.17) is 0 Å². The molecule has 0 amide bonds. The van der Waals surface area contributed by atoms with Gasteiger partial charge in [-0.1, -0.05) is 0 Å². The van der Waals surface area contributed by atoms with Crippen LogP contribution < -0.4 is 0 Å². The van der Waals surface area contributed by atoms with Gasteiger partial charge in [0.25, 0.3) is 0 Å². The molecular weight excluding hydrogens is 442 g/mol. The maximum Gasteiger partial charge on any atom is 0 e. The fourth-order valence-electron chi connectivity index (χ4n) is 2.73. The Hall–Kier alpha value is -0.652. The Kier molecular flexibility index (Phi) is 7.51. The van der Waals surface area contributed by atoms with E-state index >= 15 is 0 Å². The Bertz CT molecular complexity index is 842. The molecule has 0 N–H and O–H groups in total. The Morgan fingerprint density at radius 3 is 1.42 bits per heavy atom. The van der Waals surface area contributed by atoms with Gasteiger partial charge in [-0.3, -0.25) is 0 Å². The molecular formula is C22H12Y2-4. The van der Waals surface area contributed by atoms with Crippen molar-refractivity contribution in [1.82, 2.24) is 0 Å². The second-order valence-corrected chi connectivity index (χ2v) is 5.09. The van der Waals surface area contributed by atoms with Crippen molar-refractivity contribution in [2.24, 2.45) is 0 Å². The van der Waals surface area contributed by atoms with Crippen LogP contribution in [0.3, 0.4) is 0 Å². The van der Waals surface area contributed by atoms with Gasteiger partial charge in [-0.05, 0) is 0 Å². The third-order valence-electron chi connectivity index (χ3n) is 3.73. The summed E-state index contributed by atoms with van der Waals surface area (Å²) in [6, 6.07) is 37.5. The predicted molar refractivity (Wildman–Crippen MR) is 90.2 cm³/mol. The van der Waals surface area contributed by atoms with Crippen molar-refractivity contribution in [3.63, 3.8) is 0 Å². The van der Waals surface area contributed by atoms with Crippen molar-refractivity contribution in [2.75, 3.05) is 0 Å². The molecule has 24 heavy (non-hydrogen) atoms. The summed E-state index contributed by atoms with van der Waals surface area (Å²) in [6.07, 6.45) is 0. The first-order valence-corrected chi connectivity index (χ1v) is 7.23. The maximum atomic E-state index is 3.37. The van der Waals surface area contributed by atoms with Crippen LogP contribution in [0.25, 0.3) is 33.0 Å². The largest absolute Gasteiger partial charge is 0.229 e. The van der Waals surface area contributed by atoms with Crippen molar-refractivity contribution < 1.29 is 65.4 Å². The SMILES string of the molecule is [Y].[Y].[c-]1ccccc1-c1[c-]ccc2cc[c-]c(-c3[c-]cccc3)c12. The Labute approximate surface area is 193 Å². The van der Waals surface area contributed by atoms with Gasteiger partial charge in [0.05, 0.1) is 0 Å². The van der Waals surface area contributed by atoms with Crippen LogP contribution in [0.2, 0.25) is 0 Å². The molecule has 0 spiro atoms. The molecule has 0 nitrogen and oxygen atoms in total. The van der Waals surface area contributed by atoms with Gasteiger partial charge in [-0.25, -0.2) is 27.6 Å². The van der Waals surface area contributed by atoms with Crippen LogP contribution >= 0.6 is 0 Å². The van der Waals surface area contributed by atoms with E-state index in [2.05, 4.69) is 48.5 Å². The summed E-state index contributed by atoms with van der Waals surface area (Å²) in [7, 11) is 0. The third-order valence-corrected chi connectivity index (χ3v) is 3.73. The quantitative estimate of drug-likeness (QED) is 0.358. The Morgan fingerprint density at radius 2 is 1.00 bits per heavy atom. The zero-order valence-electron chi connectivity index (χ0n) is 13.1. The minimum absolute atomic E-state index is 0. The van der Waals surface area contributed by atoms with Crippen LogP contribution in [0.5, 0.6) is 0 Å². The molecule has 4 aromatic rings. The van der Waals surface area contributed by atoms with Crippen molar-refractivity contribution in [3.05, 3.63) is 97.1 Å². The molecule has 110 valence electrons. The maximum absolute atomic E-state index is 3.37. The Morgan fingerprint density at radius 1 is 0.500 bits per heavy atom. The van der Waals surface area contributed by atoms with Crippen molar-refractivity contribution in [3.8, 4) is 22.3 Å². The molecule has 0 bridgehead atoms. The minimum atomic E-state index is 0. The van der Waals surface area contributed by atoms with Gasteiger partial charge < -0.3 is 0 Å². The number of benzene rings is 4. The molecule has 0 aliphatic carbocycles. The van der Waals surface area contributed by atoms with E-state index in [-0.39, 0.29) is 65.4 Å². The smallest absolute Gasteiger partial charge is 0 e. The van der Waals surface area contributed by atoms with E-state index in [0.717, 1.165) is 27.6 Å². The van der Waals surface area contributed by atoms with Crippen molar-refractivity contribution in [1.29, 1.82) is 0 Å². The second kappa shape index (κ2) is 9.16. The first kappa shape index (κ1) is 19.7. The monoisotopic (exact) mass is 454 g/mol. The summed E-state index contributed by atoms with van der Waals surface area (Å²) in [5.74, 6) is 0. The van der Waals surface area contributed by atoms with E-state index < -0.39 is 0 Å². The summed E-state index contributed by atoms with van der Waals surface area (Å²) in [5, 5.41) is 2.33. The van der Waals surface area contributed by atoms with Crippen LogP contribution in [-0.4, -0.2) is 0 Å².